The molecule has 1 aliphatic heterocycles. The summed E-state index contributed by atoms with van der Waals surface area (Å²) in [6.45, 7) is 8.23. The zero-order chi connectivity index (χ0) is 13.8. The Kier molecular flexibility index (Phi) is 4.15. The molecule has 0 N–H and O–H groups in total. The monoisotopic (exact) mass is 254 g/mol. The molecule has 1 heterocycles. The highest BCUT2D eigenvalue weighted by atomic mass is 16.6. The summed E-state index contributed by atoms with van der Waals surface area (Å²) in [5.74, 6) is 1.62. The molecule has 0 saturated heterocycles. The van der Waals surface area contributed by atoms with E-state index in [0.717, 1.165) is 17.0 Å². The first-order valence-electron chi connectivity index (χ1n) is 6.52. The minimum absolute atomic E-state index is 0.313. The van der Waals surface area contributed by atoms with E-state index in [4.69, 9.17) is 9.31 Å². The molecule has 0 spiro atoms. The van der Waals surface area contributed by atoms with Crippen molar-refractivity contribution < 1.29 is 9.31 Å². The number of hydrogen-bond acceptors (Lipinski definition) is 2. The Morgan fingerprint density at radius 3 is 2.05 bits per heavy atom. The normalized spacial score (nSPS) is 16.0. The van der Waals surface area contributed by atoms with Crippen molar-refractivity contribution in [1.29, 1.82) is 0 Å². The van der Waals surface area contributed by atoms with Crippen molar-refractivity contribution in [2.75, 3.05) is 0 Å². The van der Waals surface area contributed by atoms with Crippen LogP contribution in [0.2, 0.25) is 0 Å². The van der Waals surface area contributed by atoms with Crippen LogP contribution in [0.25, 0.3) is 0 Å². The van der Waals surface area contributed by atoms with Crippen LogP contribution in [-0.2, 0) is 0 Å². The number of allylic oxidation sites excluding steroid dienone is 6. The maximum absolute atomic E-state index is 5.77. The van der Waals surface area contributed by atoms with Crippen LogP contribution in [0.5, 0.6) is 11.5 Å². The summed E-state index contributed by atoms with van der Waals surface area (Å²) in [6.07, 6.45) is 6.33. The Bertz CT molecular complexity index is 531. The van der Waals surface area contributed by atoms with Crippen LogP contribution >= 0.6 is 0 Å². The van der Waals surface area contributed by atoms with E-state index in [1.54, 1.807) is 0 Å². The Balaban J connectivity index is 2.11. The number of hydrogen-bond donors (Lipinski definition) is 0. The quantitative estimate of drug-likeness (QED) is 0.590. The van der Waals surface area contributed by atoms with Gasteiger partial charge in [0.2, 0.25) is 0 Å². The zero-order valence-corrected chi connectivity index (χ0v) is 11.9. The fourth-order valence-electron chi connectivity index (χ4n) is 2.00. The third kappa shape index (κ3) is 3.31. The second-order valence-corrected chi connectivity index (χ2v) is 4.82. The molecule has 0 radical (unpaired) electrons. The predicted octanol–water partition coefficient (Wildman–Crippen LogP) is 4.34. The van der Waals surface area contributed by atoms with Crippen LogP contribution < -0.4 is 9.31 Å². The summed E-state index contributed by atoms with van der Waals surface area (Å²) in [6, 6.07) is 7.75. The highest BCUT2D eigenvalue weighted by Crippen LogP contribution is 2.34. The molecule has 0 aromatic heterocycles. The molecule has 98 valence electrons. The maximum Gasteiger partial charge on any atom is 0.628 e. The molecule has 0 atom stereocenters. The molecule has 1 aromatic carbocycles. The van der Waals surface area contributed by atoms with Crippen LogP contribution in [0, 0.1) is 0 Å². The van der Waals surface area contributed by atoms with Gasteiger partial charge in [-0.2, -0.15) is 0 Å². The molecule has 0 bridgehead atoms. The summed E-state index contributed by atoms with van der Waals surface area (Å²) in [7, 11) is -0.313. The number of rotatable bonds is 3. The lowest BCUT2D eigenvalue weighted by atomic mass is 9.78. The van der Waals surface area contributed by atoms with E-state index in [2.05, 4.69) is 32.1 Å². The summed E-state index contributed by atoms with van der Waals surface area (Å²) in [4.78, 5) is 0. The predicted molar refractivity (Wildman–Crippen MR) is 80.4 cm³/mol. The minimum Gasteiger partial charge on any atom is -0.519 e. The van der Waals surface area contributed by atoms with E-state index in [0.29, 0.717) is 0 Å². The molecular weight excluding hydrogens is 235 g/mol. The number of fused-ring (bicyclic) bond motifs is 1. The Morgan fingerprint density at radius 2 is 1.53 bits per heavy atom. The summed E-state index contributed by atoms with van der Waals surface area (Å²) < 4.78 is 11.5. The number of para-hydroxylation sites is 2. The molecule has 2 rings (SSSR count). The van der Waals surface area contributed by atoms with Crippen molar-refractivity contribution in [3.63, 3.8) is 0 Å². The smallest absolute Gasteiger partial charge is 0.519 e. The van der Waals surface area contributed by atoms with Crippen molar-refractivity contribution in [3.05, 3.63) is 59.1 Å². The van der Waals surface area contributed by atoms with Gasteiger partial charge in [-0.15, -0.1) is 0 Å². The van der Waals surface area contributed by atoms with Gasteiger partial charge in [-0.05, 0) is 45.3 Å². The van der Waals surface area contributed by atoms with Gasteiger partial charge >= 0.3 is 7.12 Å². The van der Waals surface area contributed by atoms with Crippen molar-refractivity contribution in [2.45, 2.75) is 27.7 Å². The van der Waals surface area contributed by atoms with Gasteiger partial charge in [-0.1, -0.05) is 41.5 Å². The van der Waals surface area contributed by atoms with Gasteiger partial charge in [-0.25, -0.2) is 0 Å². The summed E-state index contributed by atoms with van der Waals surface area (Å²) in [5, 5.41) is 0. The van der Waals surface area contributed by atoms with Gasteiger partial charge in [0.05, 0.1) is 0 Å². The Hall–Kier alpha value is -1.90. The lowest BCUT2D eigenvalue weighted by Gasteiger charge is -2.05. The van der Waals surface area contributed by atoms with Gasteiger partial charge in [0.25, 0.3) is 0 Å². The van der Waals surface area contributed by atoms with Gasteiger partial charge < -0.3 is 9.31 Å². The van der Waals surface area contributed by atoms with Crippen LogP contribution in [0.15, 0.2) is 59.1 Å². The van der Waals surface area contributed by atoms with Crippen LogP contribution in [-0.4, -0.2) is 7.12 Å². The molecule has 1 aromatic rings. The molecule has 0 unspecified atom stereocenters. The third-order valence-corrected chi connectivity index (χ3v) is 3.05. The average molecular weight is 254 g/mol. The molecule has 0 aliphatic carbocycles. The molecule has 2 nitrogen and oxygen atoms in total. The van der Waals surface area contributed by atoms with Gasteiger partial charge in [0.15, 0.2) is 0 Å². The minimum atomic E-state index is -0.313. The highest BCUT2D eigenvalue weighted by molar-refractivity contribution is 6.56. The van der Waals surface area contributed by atoms with Crippen LogP contribution in [0.4, 0.5) is 0 Å². The van der Waals surface area contributed by atoms with E-state index in [1.807, 2.05) is 38.1 Å². The van der Waals surface area contributed by atoms with E-state index in [9.17, 15) is 0 Å². The van der Waals surface area contributed by atoms with E-state index >= 15 is 0 Å². The summed E-state index contributed by atoms with van der Waals surface area (Å²) in [5.41, 5.74) is 3.50. The fourth-order valence-corrected chi connectivity index (χ4v) is 2.00. The molecule has 1 aliphatic rings. The molecule has 0 amide bonds. The van der Waals surface area contributed by atoms with Gasteiger partial charge in [0, 0.05) is 0 Å². The molecule has 3 heteroatoms. The Morgan fingerprint density at radius 1 is 0.947 bits per heavy atom. The standard InChI is InChI=1S/C16H19BO2/c1-5-12(2)10-13(3)11-14(4)17-18-15-8-6-7-9-16(15)19-17/h5-11H,1-4H3/b12-5+,13-10+,14-11+. The van der Waals surface area contributed by atoms with Gasteiger partial charge in [0.1, 0.15) is 11.5 Å². The van der Waals surface area contributed by atoms with Crippen molar-refractivity contribution in [3.8, 4) is 11.5 Å². The average Bonchev–Trinajstić information content (AvgIpc) is 2.82. The van der Waals surface area contributed by atoms with Crippen LogP contribution in [0.1, 0.15) is 27.7 Å². The van der Waals surface area contributed by atoms with Crippen molar-refractivity contribution in [2.24, 2.45) is 0 Å². The SMILES string of the molecule is C/C=C(C)/C=C(C)/C=C(\C)B1Oc2ccccc2O1. The third-order valence-electron chi connectivity index (χ3n) is 3.05. The van der Waals surface area contributed by atoms with E-state index in [1.165, 1.54) is 11.1 Å². The molecule has 0 fully saturated rings. The first-order chi connectivity index (χ1) is 9.10. The second kappa shape index (κ2) is 5.83. The van der Waals surface area contributed by atoms with Crippen LogP contribution in [0.3, 0.4) is 0 Å². The fraction of sp³-hybridized carbons (Fsp3) is 0.250. The van der Waals surface area contributed by atoms with Crippen molar-refractivity contribution >= 4 is 7.12 Å². The highest BCUT2D eigenvalue weighted by Gasteiger charge is 2.33. The van der Waals surface area contributed by atoms with Crippen molar-refractivity contribution in [1.82, 2.24) is 0 Å². The lowest BCUT2D eigenvalue weighted by molar-refractivity contribution is 0.511. The summed E-state index contributed by atoms with van der Waals surface area (Å²) >= 11 is 0. The lowest BCUT2D eigenvalue weighted by Crippen LogP contribution is -2.26. The topological polar surface area (TPSA) is 18.5 Å². The van der Waals surface area contributed by atoms with Gasteiger partial charge in [-0.3, -0.25) is 0 Å². The first kappa shape index (κ1) is 13.5. The second-order valence-electron chi connectivity index (χ2n) is 4.82. The first-order valence-corrected chi connectivity index (χ1v) is 6.52. The zero-order valence-electron chi connectivity index (χ0n) is 11.9. The Labute approximate surface area is 115 Å². The maximum atomic E-state index is 5.77. The van der Waals surface area contributed by atoms with E-state index < -0.39 is 0 Å². The largest absolute Gasteiger partial charge is 0.628 e. The number of benzene rings is 1. The molecule has 19 heavy (non-hydrogen) atoms. The van der Waals surface area contributed by atoms with E-state index in [-0.39, 0.29) is 7.12 Å². The molecule has 0 saturated carbocycles. The molecular formula is C16H19BO2.